The Morgan fingerprint density at radius 3 is 2.84 bits per heavy atom. The van der Waals surface area contributed by atoms with Crippen LogP contribution in [0, 0.1) is 19.7 Å². The summed E-state index contributed by atoms with van der Waals surface area (Å²) in [4.78, 5) is 0. The molecule has 1 aromatic heterocycles. The minimum atomic E-state index is -0.170. The van der Waals surface area contributed by atoms with Gasteiger partial charge in [-0.15, -0.1) is 0 Å². The fourth-order valence-corrected chi connectivity index (χ4v) is 2.09. The van der Waals surface area contributed by atoms with Crippen LogP contribution in [0.5, 0.6) is 0 Å². The summed E-state index contributed by atoms with van der Waals surface area (Å²) in [5, 5.41) is 10.3. The zero-order chi connectivity index (χ0) is 13.7. The average molecular weight is 261 g/mol. The standard InChI is InChI=1S/C15H20FN3/c1-11-5-6-15(16)8-14(11)9-17-7-3-4-13-10-18-19-12(13)2/h5-6,8,10,17H,3-4,7,9H2,1-2H3,(H,18,19). The van der Waals surface area contributed by atoms with Gasteiger partial charge in [-0.05, 0) is 62.1 Å². The molecule has 0 fully saturated rings. The highest BCUT2D eigenvalue weighted by Gasteiger charge is 2.01. The summed E-state index contributed by atoms with van der Waals surface area (Å²) < 4.78 is 13.1. The van der Waals surface area contributed by atoms with Gasteiger partial charge < -0.3 is 5.32 Å². The number of aryl methyl sites for hydroxylation is 3. The van der Waals surface area contributed by atoms with Crippen molar-refractivity contribution in [3.05, 3.63) is 52.6 Å². The van der Waals surface area contributed by atoms with Gasteiger partial charge >= 0.3 is 0 Å². The van der Waals surface area contributed by atoms with Crippen LogP contribution in [0.2, 0.25) is 0 Å². The summed E-state index contributed by atoms with van der Waals surface area (Å²) in [6.07, 6.45) is 3.94. The summed E-state index contributed by atoms with van der Waals surface area (Å²) in [6, 6.07) is 4.92. The molecule has 0 aliphatic carbocycles. The van der Waals surface area contributed by atoms with Crippen molar-refractivity contribution in [3.63, 3.8) is 0 Å². The molecule has 0 amide bonds. The molecule has 1 aromatic carbocycles. The van der Waals surface area contributed by atoms with Gasteiger partial charge in [-0.1, -0.05) is 6.07 Å². The van der Waals surface area contributed by atoms with Crippen molar-refractivity contribution in [3.8, 4) is 0 Å². The third-order valence-electron chi connectivity index (χ3n) is 3.36. The Bertz CT molecular complexity index is 534. The van der Waals surface area contributed by atoms with E-state index >= 15 is 0 Å². The molecule has 0 aliphatic rings. The zero-order valence-corrected chi connectivity index (χ0v) is 11.5. The van der Waals surface area contributed by atoms with Crippen molar-refractivity contribution < 1.29 is 4.39 Å². The molecule has 3 nitrogen and oxygen atoms in total. The molecule has 0 saturated heterocycles. The predicted molar refractivity (Wildman–Crippen MR) is 74.5 cm³/mol. The Kier molecular flexibility index (Phi) is 4.68. The quantitative estimate of drug-likeness (QED) is 0.785. The van der Waals surface area contributed by atoms with Crippen LogP contribution in [-0.2, 0) is 13.0 Å². The maximum absolute atomic E-state index is 13.1. The van der Waals surface area contributed by atoms with Crippen LogP contribution in [0.15, 0.2) is 24.4 Å². The molecule has 2 rings (SSSR count). The molecule has 2 aromatic rings. The zero-order valence-electron chi connectivity index (χ0n) is 11.5. The van der Waals surface area contributed by atoms with Gasteiger partial charge in [0, 0.05) is 12.2 Å². The van der Waals surface area contributed by atoms with Crippen LogP contribution >= 0.6 is 0 Å². The third kappa shape index (κ3) is 3.89. The summed E-state index contributed by atoms with van der Waals surface area (Å²) >= 11 is 0. The number of halogens is 1. The largest absolute Gasteiger partial charge is 0.313 e. The van der Waals surface area contributed by atoms with E-state index in [2.05, 4.69) is 15.5 Å². The highest BCUT2D eigenvalue weighted by molar-refractivity contribution is 5.26. The molecular weight excluding hydrogens is 241 g/mol. The molecule has 4 heteroatoms. The lowest BCUT2D eigenvalue weighted by molar-refractivity contribution is 0.614. The topological polar surface area (TPSA) is 40.7 Å². The Morgan fingerprint density at radius 1 is 1.26 bits per heavy atom. The number of hydrogen-bond acceptors (Lipinski definition) is 2. The first-order valence-corrected chi connectivity index (χ1v) is 6.61. The number of H-pyrrole nitrogens is 1. The first kappa shape index (κ1) is 13.7. The molecule has 0 radical (unpaired) electrons. The highest BCUT2D eigenvalue weighted by Crippen LogP contribution is 2.10. The van der Waals surface area contributed by atoms with E-state index in [1.165, 1.54) is 11.6 Å². The van der Waals surface area contributed by atoms with Crippen molar-refractivity contribution >= 4 is 0 Å². The van der Waals surface area contributed by atoms with Crippen molar-refractivity contribution in [1.82, 2.24) is 15.5 Å². The molecule has 0 atom stereocenters. The van der Waals surface area contributed by atoms with Crippen LogP contribution in [0.25, 0.3) is 0 Å². The van der Waals surface area contributed by atoms with Gasteiger partial charge in [0.25, 0.3) is 0 Å². The van der Waals surface area contributed by atoms with Gasteiger partial charge in [0.05, 0.1) is 6.20 Å². The minimum absolute atomic E-state index is 0.170. The van der Waals surface area contributed by atoms with Crippen LogP contribution in [0.3, 0.4) is 0 Å². The lowest BCUT2D eigenvalue weighted by Crippen LogP contribution is -2.16. The van der Waals surface area contributed by atoms with Gasteiger partial charge in [0.2, 0.25) is 0 Å². The second-order valence-corrected chi connectivity index (χ2v) is 4.87. The average Bonchev–Trinajstić information content (AvgIpc) is 2.79. The van der Waals surface area contributed by atoms with Crippen molar-refractivity contribution in [1.29, 1.82) is 0 Å². The van der Waals surface area contributed by atoms with E-state index < -0.39 is 0 Å². The van der Waals surface area contributed by atoms with E-state index in [4.69, 9.17) is 0 Å². The number of rotatable bonds is 6. The summed E-state index contributed by atoms with van der Waals surface area (Å²) in [5.74, 6) is -0.170. The first-order chi connectivity index (χ1) is 9.16. The number of nitrogens with one attached hydrogen (secondary N) is 2. The summed E-state index contributed by atoms with van der Waals surface area (Å²) in [7, 11) is 0. The minimum Gasteiger partial charge on any atom is -0.313 e. The van der Waals surface area contributed by atoms with E-state index in [0.29, 0.717) is 6.54 Å². The Hall–Kier alpha value is -1.68. The second-order valence-electron chi connectivity index (χ2n) is 4.87. The van der Waals surface area contributed by atoms with E-state index in [1.54, 1.807) is 6.07 Å². The number of aromatic amines is 1. The molecule has 0 unspecified atom stereocenters. The fourth-order valence-electron chi connectivity index (χ4n) is 2.09. The monoisotopic (exact) mass is 261 g/mol. The maximum Gasteiger partial charge on any atom is 0.123 e. The highest BCUT2D eigenvalue weighted by atomic mass is 19.1. The normalized spacial score (nSPS) is 10.9. The van der Waals surface area contributed by atoms with E-state index in [-0.39, 0.29) is 5.82 Å². The number of nitrogens with zero attached hydrogens (tertiary/aromatic N) is 1. The van der Waals surface area contributed by atoms with Gasteiger partial charge in [-0.2, -0.15) is 5.10 Å². The molecule has 0 bridgehead atoms. The van der Waals surface area contributed by atoms with Gasteiger partial charge in [-0.25, -0.2) is 4.39 Å². The van der Waals surface area contributed by atoms with E-state index in [0.717, 1.165) is 36.2 Å². The van der Waals surface area contributed by atoms with Crippen molar-refractivity contribution in [2.24, 2.45) is 0 Å². The summed E-state index contributed by atoms with van der Waals surface area (Å²) in [5.41, 5.74) is 4.56. The lowest BCUT2D eigenvalue weighted by Gasteiger charge is -2.08. The first-order valence-electron chi connectivity index (χ1n) is 6.61. The Labute approximate surface area is 113 Å². The van der Waals surface area contributed by atoms with Crippen LogP contribution in [-0.4, -0.2) is 16.7 Å². The van der Waals surface area contributed by atoms with Crippen LogP contribution < -0.4 is 5.32 Å². The molecule has 2 N–H and O–H groups in total. The van der Waals surface area contributed by atoms with Gasteiger partial charge in [0.1, 0.15) is 5.82 Å². The SMILES string of the molecule is Cc1ccc(F)cc1CNCCCc1cn[nH]c1C. The van der Waals surface area contributed by atoms with Crippen LogP contribution in [0.4, 0.5) is 4.39 Å². The second kappa shape index (κ2) is 6.48. The smallest absolute Gasteiger partial charge is 0.123 e. The van der Waals surface area contributed by atoms with Gasteiger partial charge in [-0.3, -0.25) is 5.10 Å². The Morgan fingerprint density at radius 2 is 2.11 bits per heavy atom. The molecular formula is C15H20FN3. The van der Waals surface area contributed by atoms with Crippen LogP contribution in [0.1, 0.15) is 28.8 Å². The Balaban J connectivity index is 1.72. The number of hydrogen-bond donors (Lipinski definition) is 2. The van der Waals surface area contributed by atoms with E-state index in [1.807, 2.05) is 26.1 Å². The molecule has 0 spiro atoms. The molecule has 19 heavy (non-hydrogen) atoms. The van der Waals surface area contributed by atoms with Crippen molar-refractivity contribution in [2.45, 2.75) is 33.2 Å². The van der Waals surface area contributed by atoms with Crippen molar-refractivity contribution in [2.75, 3.05) is 6.54 Å². The maximum atomic E-state index is 13.1. The van der Waals surface area contributed by atoms with Gasteiger partial charge in [0.15, 0.2) is 0 Å². The molecule has 0 aliphatic heterocycles. The molecule has 102 valence electrons. The number of aromatic nitrogens is 2. The van der Waals surface area contributed by atoms with E-state index in [9.17, 15) is 4.39 Å². The molecule has 0 saturated carbocycles. The predicted octanol–water partition coefficient (Wildman–Crippen LogP) is 2.89. The molecule has 1 heterocycles. The summed E-state index contributed by atoms with van der Waals surface area (Å²) in [6.45, 7) is 5.67. The third-order valence-corrected chi connectivity index (χ3v) is 3.36. The lowest BCUT2D eigenvalue weighted by atomic mass is 10.1. The fraction of sp³-hybridized carbons (Fsp3) is 0.400. The number of benzene rings is 1.